The van der Waals surface area contributed by atoms with E-state index in [1.165, 1.54) is 19.1 Å². The Bertz CT molecular complexity index is 693. The molecule has 21 heavy (non-hydrogen) atoms. The maximum Gasteiger partial charge on any atom is 0.247 e. The quantitative estimate of drug-likeness (QED) is 0.909. The first-order chi connectivity index (χ1) is 9.86. The summed E-state index contributed by atoms with van der Waals surface area (Å²) in [6, 6.07) is 10.2. The summed E-state index contributed by atoms with van der Waals surface area (Å²) in [6.07, 6.45) is 0. The van der Waals surface area contributed by atoms with Crippen LogP contribution in [-0.4, -0.2) is 5.91 Å². The van der Waals surface area contributed by atoms with Gasteiger partial charge in [-0.2, -0.15) is 0 Å². The molecular weight excluding hydrogens is 298 g/mol. The van der Waals surface area contributed by atoms with Crippen LogP contribution in [0.5, 0.6) is 0 Å². The summed E-state index contributed by atoms with van der Waals surface area (Å²) in [5.74, 6) is -3.04. The Kier molecular flexibility index (Phi) is 4.14. The van der Waals surface area contributed by atoms with Crippen LogP contribution < -0.4 is 11.1 Å². The van der Waals surface area contributed by atoms with Crippen molar-refractivity contribution in [2.75, 3.05) is 5.32 Å². The van der Waals surface area contributed by atoms with Crippen molar-refractivity contribution >= 4 is 23.2 Å². The van der Waals surface area contributed by atoms with Gasteiger partial charge in [0.05, 0.1) is 10.7 Å². The average molecular weight is 311 g/mol. The van der Waals surface area contributed by atoms with Crippen LogP contribution in [0.1, 0.15) is 12.5 Å². The van der Waals surface area contributed by atoms with Crippen LogP contribution in [0.15, 0.2) is 42.5 Å². The maximum absolute atomic E-state index is 14.0. The van der Waals surface area contributed by atoms with Crippen LogP contribution in [0.3, 0.4) is 0 Å². The molecule has 1 amide bonds. The Morgan fingerprint density at radius 1 is 1.19 bits per heavy atom. The van der Waals surface area contributed by atoms with Gasteiger partial charge in [-0.25, -0.2) is 8.78 Å². The van der Waals surface area contributed by atoms with E-state index in [2.05, 4.69) is 5.32 Å². The highest BCUT2D eigenvalue weighted by molar-refractivity contribution is 6.33. The van der Waals surface area contributed by atoms with E-state index >= 15 is 0 Å². The van der Waals surface area contributed by atoms with Crippen molar-refractivity contribution in [2.45, 2.75) is 12.5 Å². The second-order valence-corrected chi connectivity index (χ2v) is 5.10. The highest BCUT2D eigenvalue weighted by Gasteiger charge is 2.37. The number of amides is 1. The van der Waals surface area contributed by atoms with Crippen molar-refractivity contribution in [3.63, 3.8) is 0 Å². The molecule has 1 atom stereocenters. The molecule has 2 rings (SSSR count). The number of carbonyl (C=O) groups is 1. The zero-order valence-corrected chi connectivity index (χ0v) is 11.9. The molecule has 0 aromatic heterocycles. The minimum absolute atomic E-state index is 0.185. The normalized spacial score (nSPS) is 13.5. The molecule has 0 aliphatic heterocycles. The molecule has 3 nitrogen and oxygen atoms in total. The summed E-state index contributed by atoms with van der Waals surface area (Å²) < 4.78 is 27.4. The molecule has 0 fully saturated rings. The van der Waals surface area contributed by atoms with E-state index in [9.17, 15) is 13.6 Å². The molecule has 0 aliphatic carbocycles. The fourth-order valence-corrected chi connectivity index (χ4v) is 2.17. The molecule has 0 saturated heterocycles. The Morgan fingerprint density at radius 2 is 1.86 bits per heavy atom. The van der Waals surface area contributed by atoms with E-state index in [0.717, 1.165) is 6.07 Å². The predicted molar refractivity (Wildman–Crippen MR) is 78.0 cm³/mol. The standard InChI is InChI=1S/C15H13ClF2N2O/c1-15(14(19)21,9-5-4-7-11(17)13(9)18)20-12-8-3-2-6-10(12)16/h2-8,20H,1H3,(H2,19,21). The van der Waals surface area contributed by atoms with E-state index in [1.807, 2.05) is 0 Å². The highest BCUT2D eigenvalue weighted by atomic mass is 35.5. The largest absolute Gasteiger partial charge is 0.367 e. The lowest BCUT2D eigenvalue weighted by Crippen LogP contribution is -2.46. The van der Waals surface area contributed by atoms with Crippen molar-refractivity contribution in [2.24, 2.45) is 5.73 Å². The first-order valence-electron chi connectivity index (χ1n) is 6.13. The topological polar surface area (TPSA) is 55.1 Å². The second-order valence-electron chi connectivity index (χ2n) is 4.70. The Morgan fingerprint density at radius 3 is 2.48 bits per heavy atom. The van der Waals surface area contributed by atoms with Gasteiger partial charge in [0.15, 0.2) is 11.6 Å². The SMILES string of the molecule is CC(Nc1ccccc1Cl)(C(N)=O)c1cccc(F)c1F. The third-order valence-corrected chi connectivity index (χ3v) is 3.57. The second kappa shape index (κ2) is 5.69. The number of hydrogen-bond acceptors (Lipinski definition) is 2. The van der Waals surface area contributed by atoms with Crippen LogP contribution in [-0.2, 0) is 10.3 Å². The van der Waals surface area contributed by atoms with Gasteiger partial charge >= 0.3 is 0 Å². The molecule has 0 aliphatic rings. The molecule has 0 radical (unpaired) electrons. The van der Waals surface area contributed by atoms with Crippen LogP contribution >= 0.6 is 11.6 Å². The van der Waals surface area contributed by atoms with Gasteiger partial charge in [-0.05, 0) is 25.1 Å². The molecule has 3 N–H and O–H groups in total. The van der Waals surface area contributed by atoms with Gasteiger partial charge in [0.1, 0.15) is 5.54 Å². The van der Waals surface area contributed by atoms with Crippen molar-refractivity contribution < 1.29 is 13.6 Å². The Labute approximate surface area is 125 Å². The predicted octanol–water partition coefficient (Wildman–Crippen LogP) is 3.43. The van der Waals surface area contributed by atoms with Crippen molar-refractivity contribution in [3.8, 4) is 0 Å². The number of hydrogen-bond donors (Lipinski definition) is 2. The maximum atomic E-state index is 14.0. The van der Waals surface area contributed by atoms with Gasteiger partial charge < -0.3 is 11.1 Å². The summed E-state index contributed by atoms with van der Waals surface area (Å²) >= 11 is 6.01. The third-order valence-electron chi connectivity index (χ3n) is 3.24. The van der Waals surface area contributed by atoms with E-state index in [-0.39, 0.29) is 5.56 Å². The number of nitrogens with two attached hydrogens (primary N) is 1. The number of primary amides is 1. The van der Waals surface area contributed by atoms with Gasteiger partial charge in [-0.3, -0.25) is 4.79 Å². The highest BCUT2D eigenvalue weighted by Crippen LogP contribution is 2.32. The number of rotatable bonds is 4. The van der Waals surface area contributed by atoms with Gasteiger partial charge in [-0.15, -0.1) is 0 Å². The molecular formula is C15H13ClF2N2O. The molecule has 0 bridgehead atoms. The van der Waals surface area contributed by atoms with Crippen LogP contribution in [0.2, 0.25) is 5.02 Å². The molecule has 2 aromatic rings. The fourth-order valence-electron chi connectivity index (χ4n) is 1.98. The third kappa shape index (κ3) is 2.83. The number of para-hydroxylation sites is 1. The summed E-state index contributed by atoms with van der Waals surface area (Å²) in [5, 5.41) is 3.13. The lowest BCUT2D eigenvalue weighted by atomic mass is 9.90. The minimum atomic E-state index is -1.64. The number of benzene rings is 2. The van der Waals surface area contributed by atoms with Crippen LogP contribution in [0.25, 0.3) is 0 Å². The van der Waals surface area contributed by atoms with Gasteiger partial charge in [0.2, 0.25) is 5.91 Å². The van der Waals surface area contributed by atoms with E-state index in [0.29, 0.717) is 10.7 Å². The summed E-state index contributed by atoms with van der Waals surface area (Å²) in [5.41, 5.74) is 3.95. The number of carbonyl (C=O) groups excluding carboxylic acids is 1. The van der Waals surface area contributed by atoms with Crippen LogP contribution in [0.4, 0.5) is 14.5 Å². The average Bonchev–Trinajstić information content (AvgIpc) is 2.44. The molecule has 110 valence electrons. The van der Waals surface area contributed by atoms with Crippen molar-refractivity contribution in [1.29, 1.82) is 0 Å². The van der Waals surface area contributed by atoms with Crippen molar-refractivity contribution in [1.82, 2.24) is 0 Å². The molecule has 0 spiro atoms. The van der Waals surface area contributed by atoms with Crippen LogP contribution in [0, 0.1) is 11.6 Å². The summed E-state index contributed by atoms with van der Waals surface area (Å²) in [6.45, 7) is 1.37. The summed E-state index contributed by atoms with van der Waals surface area (Å²) in [7, 11) is 0. The number of nitrogens with one attached hydrogen (secondary N) is 1. The molecule has 0 saturated carbocycles. The zero-order chi connectivity index (χ0) is 15.6. The molecule has 2 aromatic carbocycles. The van der Waals surface area contributed by atoms with E-state index < -0.39 is 23.1 Å². The molecule has 6 heteroatoms. The smallest absolute Gasteiger partial charge is 0.247 e. The lowest BCUT2D eigenvalue weighted by Gasteiger charge is -2.30. The first-order valence-corrected chi connectivity index (χ1v) is 6.51. The van der Waals surface area contributed by atoms with Gasteiger partial charge in [0, 0.05) is 5.56 Å². The van der Waals surface area contributed by atoms with Gasteiger partial charge in [-0.1, -0.05) is 35.9 Å². The first kappa shape index (κ1) is 15.3. The molecule has 0 heterocycles. The van der Waals surface area contributed by atoms with Crippen molar-refractivity contribution in [3.05, 3.63) is 64.7 Å². The fraction of sp³-hybridized carbons (Fsp3) is 0.133. The number of anilines is 1. The minimum Gasteiger partial charge on any atom is -0.367 e. The molecule has 1 unspecified atom stereocenters. The Balaban J connectivity index is 2.54. The zero-order valence-electron chi connectivity index (χ0n) is 11.2. The monoisotopic (exact) mass is 310 g/mol. The summed E-state index contributed by atoms with van der Waals surface area (Å²) in [4.78, 5) is 11.8. The van der Waals surface area contributed by atoms with E-state index in [1.54, 1.807) is 24.3 Å². The Hall–Kier alpha value is -2.14. The number of halogens is 3. The van der Waals surface area contributed by atoms with Gasteiger partial charge in [0.25, 0.3) is 0 Å². The lowest BCUT2D eigenvalue weighted by molar-refractivity contribution is -0.122. The van der Waals surface area contributed by atoms with E-state index in [4.69, 9.17) is 17.3 Å².